The molecule has 0 aliphatic rings. The highest BCUT2D eigenvalue weighted by molar-refractivity contribution is 5.93. The number of nitrogens with one attached hydrogen (secondary N) is 1. The van der Waals surface area contributed by atoms with Gasteiger partial charge in [0.25, 0.3) is 5.91 Å². The van der Waals surface area contributed by atoms with Crippen LogP contribution in [0.25, 0.3) is 16.7 Å². The molecule has 6 heteroatoms. The summed E-state index contributed by atoms with van der Waals surface area (Å²) >= 11 is 0. The fourth-order valence-corrected chi connectivity index (χ4v) is 3.02. The molecule has 0 spiro atoms. The summed E-state index contributed by atoms with van der Waals surface area (Å²) < 4.78 is 5.54. The van der Waals surface area contributed by atoms with E-state index in [1.165, 1.54) is 5.56 Å². The second-order valence-electron chi connectivity index (χ2n) is 6.87. The van der Waals surface area contributed by atoms with Crippen LogP contribution < -0.4 is 10.1 Å². The van der Waals surface area contributed by atoms with Crippen molar-refractivity contribution in [2.45, 2.75) is 20.3 Å². The minimum absolute atomic E-state index is 0.0576. The minimum atomic E-state index is -0.228. The third-order valence-electron chi connectivity index (χ3n) is 4.60. The third-order valence-corrected chi connectivity index (χ3v) is 4.60. The monoisotopic (exact) mass is 386 g/mol. The smallest absolute Gasteiger partial charge is 0.262 e. The van der Waals surface area contributed by atoms with Crippen LogP contribution in [0.1, 0.15) is 18.1 Å². The normalized spacial score (nSPS) is 10.8. The van der Waals surface area contributed by atoms with Crippen LogP contribution >= 0.6 is 0 Å². The Balaban J connectivity index is 1.44. The third kappa shape index (κ3) is 4.43. The summed E-state index contributed by atoms with van der Waals surface area (Å²) in [6.45, 7) is 4.04. The number of carbonyl (C=O) groups is 1. The number of aromatic nitrogens is 3. The topological polar surface area (TPSA) is 69.0 Å². The molecule has 0 saturated carbocycles. The first-order valence-corrected chi connectivity index (χ1v) is 9.56. The first kappa shape index (κ1) is 18.7. The van der Waals surface area contributed by atoms with Crippen molar-refractivity contribution < 1.29 is 9.53 Å². The number of aryl methyl sites for hydroxylation is 2. The van der Waals surface area contributed by atoms with E-state index in [-0.39, 0.29) is 12.5 Å². The summed E-state index contributed by atoms with van der Waals surface area (Å²) in [5.74, 6) is 0.445. The maximum Gasteiger partial charge on any atom is 0.262 e. The van der Waals surface area contributed by atoms with Gasteiger partial charge in [-0.05, 0) is 66.9 Å². The van der Waals surface area contributed by atoms with Crippen molar-refractivity contribution in [2.24, 2.45) is 0 Å². The molecule has 0 atom stereocenters. The van der Waals surface area contributed by atoms with E-state index < -0.39 is 0 Å². The molecule has 0 saturated heterocycles. The van der Waals surface area contributed by atoms with Crippen molar-refractivity contribution >= 4 is 22.6 Å². The van der Waals surface area contributed by atoms with Crippen LogP contribution in [0.15, 0.2) is 66.7 Å². The lowest BCUT2D eigenvalue weighted by Crippen LogP contribution is -2.20. The Morgan fingerprint density at radius 2 is 1.79 bits per heavy atom. The van der Waals surface area contributed by atoms with Crippen molar-refractivity contribution in [3.05, 3.63) is 77.9 Å². The van der Waals surface area contributed by atoms with Crippen molar-refractivity contribution in [1.29, 1.82) is 0 Å². The second kappa shape index (κ2) is 8.14. The zero-order valence-electron chi connectivity index (χ0n) is 16.4. The fourth-order valence-electron chi connectivity index (χ4n) is 3.02. The van der Waals surface area contributed by atoms with Crippen LogP contribution in [0.5, 0.6) is 5.75 Å². The van der Waals surface area contributed by atoms with Gasteiger partial charge >= 0.3 is 0 Å². The van der Waals surface area contributed by atoms with Gasteiger partial charge in [0.1, 0.15) is 16.8 Å². The maximum absolute atomic E-state index is 12.2. The Morgan fingerprint density at radius 3 is 2.55 bits per heavy atom. The van der Waals surface area contributed by atoms with Crippen molar-refractivity contribution in [3.8, 4) is 11.4 Å². The molecule has 0 unspecified atom stereocenters. The predicted molar refractivity (Wildman–Crippen MR) is 114 cm³/mol. The molecular weight excluding hydrogens is 364 g/mol. The predicted octanol–water partition coefficient (Wildman–Crippen LogP) is 4.31. The highest BCUT2D eigenvalue weighted by atomic mass is 16.5. The van der Waals surface area contributed by atoms with Crippen LogP contribution in [0.4, 0.5) is 5.69 Å². The lowest BCUT2D eigenvalue weighted by atomic mass is 10.2. The van der Waals surface area contributed by atoms with Gasteiger partial charge in [-0.15, -0.1) is 10.2 Å². The van der Waals surface area contributed by atoms with Crippen molar-refractivity contribution in [1.82, 2.24) is 15.0 Å². The van der Waals surface area contributed by atoms with Gasteiger partial charge in [-0.3, -0.25) is 4.79 Å². The molecule has 0 aliphatic heterocycles. The number of anilines is 1. The van der Waals surface area contributed by atoms with Crippen molar-refractivity contribution in [3.63, 3.8) is 0 Å². The zero-order valence-corrected chi connectivity index (χ0v) is 16.4. The average molecular weight is 386 g/mol. The molecule has 1 heterocycles. The molecule has 0 fully saturated rings. The van der Waals surface area contributed by atoms with Crippen LogP contribution in [-0.4, -0.2) is 27.5 Å². The molecule has 0 aliphatic carbocycles. The number of hydrogen-bond donors (Lipinski definition) is 1. The lowest BCUT2D eigenvalue weighted by molar-refractivity contribution is -0.118. The molecule has 1 aromatic heterocycles. The summed E-state index contributed by atoms with van der Waals surface area (Å²) in [4.78, 5) is 13.8. The molecular formula is C23H22N4O2. The summed E-state index contributed by atoms with van der Waals surface area (Å²) in [5.41, 5.74) is 5.38. The molecule has 3 aromatic carbocycles. The van der Waals surface area contributed by atoms with E-state index in [2.05, 4.69) is 34.6 Å². The van der Waals surface area contributed by atoms with Gasteiger partial charge < -0.3 is 10.1 Å². The van der Waals surface area contributed by atoms with E-state index in [4.69, 9.17) is 4.74 Å². The molecule has 146 valence electrons. The Labute approximate surface area is 169 Å². The van der Waals surface area contributed by atoms with Crippen LogP contribution in [0, 0.1) is 6.92 Å². The zero-order chi connectivity index (χ0) is 20.2. The standard InChI is InChI=1S/C23H22N4O2/c1-3-17-7-10-19(11-8-17)27-25-21-12-9-18(14-22(21)26-27)24-23(28)15-29-20-6-4-5-16(2)13-20/h4-14H,3,15H2,1-2H3,(H,24,28). The van der Waals surface area contributed by atoms with E-state index in [9.17, 15) is 4.79 Å². The van der Waals surface area contributed by atoms with Gasteiger partial charge in [0.2, 0.25) is 0 Å². The van der Waals surface area contributed by atoms with Gasteiger partial charge in [0.15, 0.2) is 6.61 Å². The molecule has 4 rings (SSSR count). The van der Waals surface area contributed by atoms with Crippen LogP contribution in [-0.2, 0) is 11.2 Å². The molecule has 29 heavy (non-hydrogen) atoms. The van der Waals surface area contributed by atoms with Gasteiger partial charge in [-0.1, -0.05) is 31.2 Å². The number of ether oxygens (including phenoxy) is 1. The maximum atomic E-state index is 12.2. The number of nitrogens with zero attached hydrogens (tertiary/aromatic N) is 3. The fraction of sp³-hybridized carbons (Fsp3) is 0.174. The number of benzene rings is 3. The summed E-state index contributed by atoms with van der Waals surface area (Å²) in [6.07, 6.45) is 0.992. The van der Waals surface area contributed by atoms with E-state index in [0.717, 1.165) is 23.2 Å². The first-order valence-electron chi connectivity index (χ1n) is 9.56. The average Bonchev–Trinajstić information content (AvgIpc) is 3.16. The van der Waals surface area contributed by atoms with E-state index >= 15 is 0 Å². The van der Waals surface area contributed by atoms with E-state index in [1.807, 2.05) is 61.5 Å². The van der Waals surface area contributed by atoms with Gasteiger partial charge in [0.05, 0.1) is 5.69 Å². The summed E-state index contributed by atoms with van der Waals surface area (Å²) in [7, 11) is 0. The number of carbonyl (C=O) groups excluding carboxylic acids is 1. The molecule has 4 aromatic rings. The summed E-state index contributed by atoms with van der Waals surface area (Å²) in [5, 5.41) is 11.9. The highest BCUT2D eigenvalue weighted by Gasteiger charge is 2.08. The van der Waals surface area contributed by atoms with E-state index in [1.54, 1.807) is 4.80 Å². The lowest BCUT2D eigenvalue weighted by Gasteiger charge is -2.08. The number of amides is 1. The molecule has 0 bridgehead atoms. The molecule has 1 amide bonds. The summed E-state index contributed by atoms with van der Waals surface area (Å²) in [6, 6.07) is 21.2. The van der Waals surface area contributed by atoms with Crippen molar-refractivity contribution in [2.75, 3.05) is 11.9 Å². The van der Waals surface area contributed by atoms with Gasteiger partial charge in [0, 0.05) is 5.69 Å². The Kier molecular flexibility index (Phi) is 5.24. The highest BCUT2D eigenvalue weighted by Crippen LogP contribution is 2.18. The minimum Gasteiger partial charge on any atom is -0.484 e. The second-order valence-corrected chi connectivity index (χ2v) is 6.87. The van der Waals surface area contributed by atoms with E-state index in [0.29, 0.717) is 17.0 Å². The largest absolute Gasteiger partial charge is 0.484 e. The Bertz CT molecular complexity index is 1150. The molecule has 1 N–H and O–H groups in total. The Morgan fingerprint density at radius 1 is 1.00 bits per heavy atom. The van der Waals surface area contributed by atoms with Crippen LogP contribution in [0.3, 0.4) is 0 Å². The molecule has 6 nitrogen and oxygen atoms in total. The van der Waals surface area contributed by atoms with Gasteiger partial charge in [-0.2, -0.15) is 4.80 Å². The van der Waals surface area contributed by atoms with Crippen LogP contribution in [0.2, 0.25) is 0 Å². The SMILES string of the molecule is CCc1ccc(-n2nc3ccc(NC(=O)COc4cccc(C)c4)cc3n2)cc1. The number of hydrogen-bond acceptors (Lipinski definition) is 4. The number of rotatable bonds is 6. The Hall–Kier alpha value is -3.67. The van der Waals surface area contributed by atoms with Gasteiger partial charge in [-0.25, -0.2) is 0 Å². The quantitative estimate of drug-likeness (QED) is 0.536. The molecule has 0 radical (unpaired) electrons. The first-order chi connectivity index (χ1) is 14.1. The number of fused-ring (bicyclic) bond motifs is 1.